The Kier molecular flexibility index (Phi) is 7.47. The lowest BCUT2D eigenvalue weighted by Gasteiger charge is -2.28. The van der Waals surface area contributed by atoms with Gasteiger partial charge >= 0.3 is 0 Å². The SMILES string of the molecule is Cc1cccc(C)c1NC(=O)C(CC(=O)N1CCCC1)N1CCCC1.Cl. The molecule has 0 spiro atoms. The average molecular weight is 380 g/mol. The van der Waals surface area contributed by atoms with Crippen LogP contribution in [0.1, 0.15) is 43.2 Å². The molecule has 144 valence electrons. The van der Waals surface area contributed by atoms with Crippen molar-refractivity contribution in [3.05, 3.63) is 29.3 Å². The summed E-state index contributed by atoms with van der Waals surface area (Å²) in [7, 11) is 0. The van der Waals surface area contributed by atoms with E-state index in [1.807, 2.05) is 36.9 Å². The monoisotopic (exact) mass is 379 g/mol. The molecular weight excluding hydrogens is 350 g/mol. The number of benzene rings is 1. The lowest BCUT2D eigenvalue weighted by atomic mass is 10.1. The number of carbonyl (C=O) groups excluding carboxylic acids is 2. The molecule has 0 bridgehead atoms. The molecule has 1 N–H and O–H groups in total. The number of hydrogen-bond donors (Lipinski definition) is 1. The number of halogens is 1. The number of nitrogens with one attached hydrogen (secondary N) is 1. The number of para-hydroxylation sites is 1. The van der Waals surface area contributed by atoms with E-state index in [1.54, 1.807) is 0 Å². The van der Waals surface area contributed by atoms with Gasteiger partial charge in [0.15, 0.2) is 0 Å². The Bertz CT molecular complexity index is 618. The number of carbonyl (C=O) groups is 2. The minimum absolute atomic E-state index is 0. The summed E-state index contributed by atoms with van der Waals surface area (Å²) in [6, 6.07) is 5.63. The molecule has 2 fully saturated rings. The van der Waals surface area contributed by atoms with Gasteiger partial charge in [-0.25, -0.2) is 0 Å². The summed E-state index contributed by atoms with van der Waals surface area (Å²) in [5, 5.41) is 3.10. The largest absolute Gasteiger partial charge is 0.343 e. The Morgan fingerprint density at radius 3 is 2.12 bits per heavy atom. The maximum atomic E-state index is 13.0. The van der Waals surface area contributed by atoms with E-state index in [0.717, 1.165) is 68.7 Å². The van der Waals surface area contributed by atoms with Crippen LogP contribution in [-0.2, 0) is 9.59 Å². The van der Waals surface area contributed by atoms with Crippen molar-refractivity contribution >= 4 is 29.9 Å². The molecule has 1 unspecified atom stereocenters. The first kappa shape index (κ1) is 20.7. The van der Waals surface area contributed by atoms with Crippen molar-refractivity contribution in [2.45, 2.75) is 52.0 Å². The predicted molar refractivity (Wildman–Crippen MR) is 107 cm³/mol. The van der Waals surface area contributed by atoms with Crippen LogP contribution < -0.4 is 5.32 Å². The van der Waals surface area contributed by atoms with Crippen molar-refractivity contribution in [1.82, 2.24) is 9.80 Å². The van der Waals surface area contributed by atoms with Crippen molar-refractivity contribution in [3.63, 3.8) is 0 Å². The van der Waals surface area contributed by atoms with Gasteiger partial charge in [0.05, 0.1) is 12.5 Å². The van der Waals surface area contributed by atoms with Gasteiger partial charge in [0.2, 0.25) is 11.8 Å². The maximum absolute atomic E-state index is 13.0. The van der Waals surface area contributed by atoms with Gasteiger partial charge in [-0.2, -0.15) is 0 Å². The fourth-order valence-electron chi connectivity index (χ4n) is 3.92. The molecular formula is C20H30ClN3O2. The molecule has 1 aromatic rings. The van der Waals surface area contributed by atoms with E-state index in [0.29, 0.717) is 0 Å². The van der Waals surface area contributed by atoms with Crippen LogP contribution in [0.2, 0.25) is 0 Å². The van der Waals surface area contributed by atoms with Gasteiger partial charge < -0.3 is 10.2 Å². The zero-order valence-electron chi connectivity index (χ0n) is 15.8. The number of aryl methyl sites for hydroxylation is 2. The van der Waals surface area contributed by atoms with E-state index >= 15 is 0 Å². The molecule has 1 atom stereocenters. The highest BCUT2D eigenvalue weighted by Gasteiger charge is 2.32. The van der Waals surface area contributed by atoms with Crippen LogP contribution in [0.15, 0.2) is 18.2 Å². The summed E-state index contributed by atoms with van der Waals surface area (Å²) in [6.07, 6.45) is 4.65. The third-order valence-electron chi connectivity index (χ3n) is 5.44. The fourth-order valence-corrected chi connectivity index (χ4v) is 3.92. The summed E-state index contributed by atoms with van der Waals surface area (Å²) in [5.74, 6) is 0.0675. The minimum Gasteiger partial charge on any atom is -0.343 e. The van der Waals surface area contributed by atoms with E-state index in [-0.39, 0.29) is 36.7 Å². The summed E-state index contributed by atoms with van der Waals surface area (Å²) >= 11 is 0. The summed E-state index contributed by atoms with van der Waals surface area (Å²) in [6.45, 7) is 7.48. The first-order valence-corrected chi connectivity index (χ1v) is 9.45. The minimum atomic E-state index is -0.366. The second kappa shape index (κ2) is 9.38. The lowest BCUT2D eigenvalue weighted by molar-refractivity contribution is -0.134. The third-order valence-corrected chi connectivity index (χ3v) is 5.44. The number of nitrogens with zero attached hydrogens (tertiary/aromatic N) is 2. The molecule has 5 nitrogen and oxygen atoms in total. The fraction of sp³-hybridized carbons (Fsp3) is 0.600. The molecule has 0 radical (unpaired) electrons. The molecule has 6 heteroatoms. The van der Waals surface area contributed by atoms with Crippen LogP contribution in [-0.4, -0.2) is 53.8 Å². The predicted octanol–water partition coefficient (Wildman–Crippen LogP) is 3.14. The van der Waals surface area contributed by atoms with E-state index in [2.05, 4.69) is 10.2 Å². The van der Waals surface area contributed by atoms with Crippen LogP contribution in [0.4, 0.5) is 5.69 Å². The summed E-state index contributed by atoms with van der Waals surface area (Å²) < 4.78 is 0. The normalized spacial score (nSPS) is 18.5. The second-order valence-electron chi connectivity index (χ2n) is 7.31. The highest BCUT2D eigenvalue weighted by molar-refractivity contribution is 5.98. The van der Waals surface area contributed by atoms with Crippen LogP contribution in [0.25, 0.3) is 0 Å². The third kappa shape index (κ3) is 4.77. The summed E-state index contributed by atoms with van der Waals surface area (Å²) in [4.78, 5) is 29.7. The van der Waals surface area contributed by atoms with Gasteiger partial charge in [-0.3, -0.25) is 14.5 Å². The standard InChI is InChI=1S/C20H29N3O2.ClH/c1-15-8-7-9-16(2)19(15)21-20(25)17(22-10-3-4-11-22)14-18(24)23-12-5-6-13-23;/h7-9,17H,3-6,10-14H2,1-2H3,(H,21,25);1H. The number of hydrogen-bond acceptors (Lipinski definition) is 3. The van der Waals surface area contributed by atoms with Gasteiger partial charge in [-0.05, 0) is 63.7 Å². The van der Waals surface area contributed by atoms with Crippen molar-refractivity contribution < 1.29 is 9.59 Å². The van der Waals surface area contributed by atoms with Crippen molar-refractivity contribution in [2.24, 2.45) is 0 Å². The molecule has 2 aliphatic rings. The van der Waals surface area contributed by atoms with Crippen molar-refractivity contribution in [1.29, 1.82) is 0 Å². The van der Waals surface area contributed by atoms with Crippen LogP contribution in [0.5, 0.6) is 0 Å². The average Bonchev–Trinajstić information content (AvgIpc) is 3.29. The molecule has 26 heavy (non-hydrogen) atoms. The van der Waals surface area contributed by atoms with Gasteiger partial charge in [0.25, 0.3) is 0 Å². The number of rotatable bonds is 5. The Labute approximate surface area is 162 Å². The number of anilines is 1. The van der Waals surface area contributed by atoms with E-state index < -0.39 is 0 Å². The molecule has 1 aromatic carbocycles. The zero-order valence-corrected chi connectivity index (χ0v) is 16.6. The van der Waals surface area contributed by atoms with Crippen LogP contribution >= 0.6 is 12.4 Å². The van der Waals surface area contributed by atoms with Crippen molar-refractivity contribution in [2.75, 3.05) is 31.5 Å². The first-order valence-electron chi connectivity index (χ1n) is 9.45. The first-order chi connectivity index (χ1) is 12.1. The van der Waals surface area contributed by atoms with Gasteiger partial charge in [0.1, 0.15) is 0 Å². The number of likely N-dealkylation sites (tertiary alicyclic amines) is 2. The quantitative estimate of drug-likeness (QED) is 0.855. The van der Waals surface area contributed by atoms with Gasteiger partial charge in [-0.1, -0.05) is 18.2 Å². The topological polar surface area (TPSA) is 52.7 Å². The highest BCUT2D eigenvalue weighted by Crippen LogP contribution is 2.23. The van der Waals surface area contributed by atoms with Crippen LogP contribution in [0.3, 0.4) is 0 Å². The van der Waals surface area contributed by atoms with Gasteiger partial charge in [0, 0.05) is 18.8 Å². The second-order valence-corrected chi connectivity index (χ2v) is 7.31. The molecule has 2 amide bonds. The molecule has 0 aliphatic carbocycles. The van der Waals surface area contributed by atoms with E-state index in [4.69, 9.17) is 0 Å². The molecule has 0 saturated carbocycles. The Balaban J connectivity index is 0.00000243. The van der Waals surface area contributed by atoms with Crippen LogP contribution in [0, 0.1) is 13.8 Å². The molecule has 2 heterocycles. The van der Waals surface area contributed by atoms with Gasteiger partial charge in [-0.15, -0.1) is 12.4 Å². The maximum Gasteiger partial charge on any atom is 0.242 e. The molecule has 2 aliphatic heterocycles. The number of amides is 2. The molecule has 3 rings (SSSR count). The zero-order chi connectivity index (χ0) is 17.8. The lowest BCUT2D eigenvalue weighted by Crippen LogP contribution is -2.46. The Morgan fingerprint density at radius 1 is 1.00 bits per heavy atom. The Morgan fingerprint density at radius 2 is 1.54 bits per heavy atom. The van der Waals surface area contributed by atoms with E-state index in [9.17, 15) is 9.59 Å². The summed E-state index contributed by atoms with van der Waals surface area (Å²) in [5.41, 5.74) is 2.99. The molecule has 2 saturated heterocycles. The molecule has 0 aromatic heterocycles. The van der Waals surface area contributed by atoms with E-state index in [1.165, 1.54) is 0 Å². The Hall–Kier alpha value is -1.59. The smallest absolute Gasteiger partial charge is 0.242 e. The highest BCUT2D eigenvalue weighted by atomic mass is 35.5. The van der Waals surface area contributed by atoms with Crippen molar-refractivity contribution in [3.8, 4) is 0 Å².